The summed E-state index contributed by atoms with van der Waals surface area (Å²) < 4.78 is 0. The highest BCUT2D eigenvalue weighted by atomic mass is 32.1. The van der Waals surface area contributed by atoms with Crippen LogP contribution in [0.1, 0.15) is 39.8 Å². The van der Waals surface area contributed by atoms with Crippen LogP contribution in [0.5, 0.6) is 0 Å². The second-order valence-corrected chi connectivity index (χ2v) is 8.57. The smallest absolute Gasteiger partial charge is 0.265 e. The second-order valence-electron chi connectivity index (χ2n) is 7.49. The quantitative estimate of drug-likeness (QED) is 0.778. The summed E-state index contributed by atoms with van der Waals surface area (Å²) in [4.78, 5) is 22.8. The van der Waals surface area contributed by atoms with Crippen molar-refractivity contribution in [1.29, 1.82) is 0 Å². The number of carbonyl (C=O) groups is 1. The Kier molecular flexibility index (Phi) is 6.43. The third kappa shape index (κ3) is 4.92. The fourth-order valence-corrected chi connectivity index (χ4v) is 4.58. The minimum Gasteiger partial charge on any atom is -0.335 e. The summed E-state index contributed by atoms with van der Waals surface area (Å²) in [5.41, 5.74) is 2.27. The standard InChI is InChI=1S/C21H29N3OS/c1-16(2)15-19-22-17(3)20(26-19)21(25)24-13-11-23(12-14-24)10-9-18-7-5-4-6-8-18/h4-8,16H,9-15H2,1-3H3. The minimum atomic E-state index is 0.165. The molecule has 0 atom stereocenters. The fourth-order valence-electron chi connectivity index (χ4n) is 3.34. The molecule has 0 N–H and O–H groups in total. The first-order valence-electron chi connectivity index (χ1n) is 9.55. The highest BCUT2D eigenvalue weighted by molar-refractivity contribution is 7.13. The Hall–Kier alpha value is -1.72. The molecule has 0 unspecified atom stereocenters. The molecule has 1 aliphatic rings. The lowest BCUT2D eigenvalue weighted by atomic mass is 10.1. The molecule has 0 saturated carbocycles. The van der Waals surface area contributed by atoms with Crippen molar-refractivity contribution in [2.24, 2.45) is 5.92 Å². The van der Waals surface area contributed by atoms with Crippen LogP contribution in [0, 0.1) is 12.8 Å². The Bertz CT molecular complexity index is 718. The van der Waals surface area contributed by atoms with Gasteiger partial charge in [-0.25, -0.2) is 4.98 Å². The molecule has 140 valence electrons. The molecule has 0 spiro atoms. The van der Waals surface area contributed by atoms with E-state index in [4.69, 9.17) is 0 Å². The first-order chi connectivity index (χ1) is 12.5. The van der Waals surface area contributed by atoms with E-state index in [2.05, 4.69) is 54.1 Å². The largest absolute Gasteiger partial charge is 0.335 e. The van der Waals surface area contributed by atoms with Crippen LogP contribution >= 0.6 is 11.3 Å². The normalized spacial score (nSPS) is 15.6. The van der Waals surface area contributed by atoms with E-state index in [1.165, 1.54) is 5.56 Å². The van der Waals surface area contributed by atoms with Crippen molar-refractivity contribution in [3.8, 4) is 0 Å². The third-order valence-electron chi connectivity index (χ3n) is 4.84. The lowest BCUT2D eigenvalue weighted by Gasteiger charge is -2.34. The predicted octanol–water partition coefficient (Wildman–Crippen LogP) is 3.65. The van der Waals surface area contributed by atoms with Gasteiger partial charge in [-0.2, -0.15) is 0 Å². The molecule has 0 radical (unpaired) electrons. The van der Waals surface area contributed by atoms with E-state index in [1.807, 2.05) is 11.8 Å². The summed E-state index contributed by atoms with van der Waals surface area (Å²) in [6.07, 6.45) is 2.02. The van der Waals surface area contributed by atoms with E-state index in [9.17, 15) is 4.79 Å². The van der Waals surface area contributed by atoms with Gasteiger partial charge in [-0.15, -0.1) is 11.3 Å². The fraction of sp³-hybridized carbons (Fsp3) is 0.524. The number of piperazine rings is 1. The molecule has 1 amide bonds. The lowest BCUT2D eigenvalue weighted by Crippen LogP contribution is -2.49. The van der Waals surface area contributed by atoms with Gasteiger partial charge in [0.05, 0.1) is 10.7 Å². The van der Waals surface area contributed by atoms with Crippen LogP contribution in [0.4, 0.5) is 0 Å². The zero-order valence-electron chi connectivity index (χ0n) is 16.1. The van der Waals surface area contributed by atoms with E-state index in [1.54, 1.807) is 11.3 Å². The molecule has 3 rings (SSSR count). The number of rotatable bonds is 6. The van der Waals surface area contributed by atoms with Crippen molar-refractivity contribution in [1.82, 2.24) is 14.8 Å². The first-order valence-corrected chi connectivity index (χ1v) is 10.4. The summed E-state index contributed by atoms with van der Waals surface area (Å²) >= 11 is 1.58. The van der Waals surface area contributed by atoms with Gasteiger partial charge in [0.25, 0.3) is 5.91 Å². The highest BCUT2D eigenvalue weighted by Gasteiger charge is 2.25. The summed E-state index contributed by atoms with van der Waals surface area (Å²) in [6.45, 7) is 10.9. The number of carbonyl (C=O) groups excluding carboxylic acids is 1. The van der Waals surface area contributed by atoms with Crippen LogP contribution in [0.15, 0.2) is 30.3 Å². The van der Waals surface area contributed by atoms with Crippen molar-refractivity contribution in [2.45, 2.75) is 33.6 Å². The number of aromatic nitrogens is 1. The second kappa shape index (κ2) is 8.78. The zero-order chi connectivity index (χ0) is 18.5. The monoisotopic (exact) mass is 371 g/mol. The number of benzene rings is 1. The van der Waals surface area contributed by atoms with Gasteiger partial charge >= 0.3 is 0 Å². The van der Waals surface area contributed by atoms with Crippen LogP contribution in [-0.4, -0.2) is 53.4 Å². The average molecular weight is 372 g/mol. The van der Waals surface area contributed by atoms with Crippen molar-refractivity contribution < 1.29 is 4.79 Å². The Morgan fingerprint density at radius 2 is 1.85 bits per heavy atom. The van der Waals surface area contributed by atoms with E-state index in [-0.39, 0.29) is 5.91 Å². The predicted molar refractivity (Wildman–Crippen MR) is 108 cm³/mol. The number of hydrogen-bond acceptors (Lipinski definition) is 4. The molecule has 5 heteroatoms. The maximum atomic E-state index is 12.9. The van der Waals surface area contributed by atoms with Gasteiger partial charge in [-0.3, -0.25) is 9.69 Å². The van der Waals surface area contributed by atoms with E-state index in [0.717, 1.165) is 61.1 Å². The Morgan fingerprint density at radius 3 is 2.50 bits per heavy atom. The van der Waals surface area contributed by atoms with Crippen molar-refractivity contribution >= 4 is 17.2 Å². The average Bonchev–Trinajstić information content (AvgIpc) is 3.00. The summed E-state index contributed by atoms with van der Waals surface area (Å²) in [6, 6.07) is 10.6. The van der Waals surface area contributed by atoms with E-state index >= 15 is 0 Å². The SMILES string of the molecule is Cc1nc(CC(C)C)sc1C(=O)N1CCN(CCc2ccccc2)CC1. The minimum absolute atomic E-state index is 0.165. The Balaban J connectivity index is 1.51. The van der Waals surface area contributed by atoms with E-state index < -0.39 is 0 Å². The highest BCUT2D eigenvalue weighted by Crippen LogP contribution is 2.23. The molecule has 4 nitrogen and oxygen atoms in total. The Labute approximate surface area is 160 Å². The maximum absolute atomic E-state index is 12.9. The molecule has 0 aliphatic carbocycles. The molecule has 0 bridgehead atoms. The number of hydrogen-bond donors (Lipinski definition) is 0. The van der Waals surface area contributed by atoms with E-state index in [0.29, 0.717) is 5.92 Å². The number of thiazole rings is 1. The van der Waals surface area contributed by atoms with Gasteiger partial charge in [0.2, 0.25) is 0 Å². The van der Waals surface area contributed by atoms with Crippen LogP contribution in [-0.2, 0) is 12.8 Å². The molecule has 1 saturated heterocycles. The van der Waals surface area contributed by atoms with Crippen molar-refractivity contribution in [2.75, 3.05) is 32.7 Å². The van der Waals surface area contributed by atoms with Crippen LogP contribution < -0.4 is 0 Å². The molecule has 26 heavy (non-hydrogen) atoms. The third-order valence-corrected chi connectivity index (χ3v) is 6.00. The van der Waals surface area contributed by atoms with Gasteiger partial charge in [-0.05, 0) is 24.8 Å². The molecule has 1 aromatic heterocycles. The first kappa shape index (κ1) is 19.1. The number of amides is 1. The summed E-state index contributed by atoms with van der Waals surface area (Å²) in [7, 11) is 0. The van der Waals surface area contributed by atoms with Gasteiger partial charge in [0.1, 0.15) is 4.88 Å². The number of aryl methyl sites for hydroxylation is 1. The molecular weight excluding hydrogens is 342 g/mol. The van der Waals surface area contributed by atoms with Crippen LogP contribution in [0.2, 0.25) is 0 Å². The van der Waals surface area contributed by atoms with Crippen molar-refractivity contribution in [3.05, 3.63) is 51.5 Å². The molecule has 1 aliphatic heterocycles. The molecule has 2 aromatic rings. The molecule has 1 aromatic carbocycles. The maximum Gasteiger partial charge on any atom is 0.265 e. The topological polar surface area (TPSA) is 36.4 Å². The van der Waals surface area contributed by atoms with Crippen LogP contribution in [0.3, 0.4) is 0 Å². The molecule has 2 heterocycles. The van der Waals surface area contributed by atoms with Crippen LogP contribution in [0.25, 0.3) is 0 Å². The number of nitrogens with zero attached hydrogens (tertiary/aromatic N) is 3. The Morgan fingerprint density at radius 1 is 1.15 bits per heavy atom. The van der Waals surface area contributed by atoms with Gasteiger partial charge in [0.15, 0.2) is 0 Å². The summed E-state index contributed by atoms with van der Waals surface area (Å²) in [5.74, 6) is 0.731. The summed E-state index contributed by atoms with van der Waals surface area (Å²) in [5, 5.41) is 1.09. The molecular formula is C21H29N3OS. The zero-order valence-corrected chi connectivity index (χ0v) is 16.9. The van der Waals surface area contributed by atoms with Gasteiger partial charge in [0, 0.05) is 39.1 Å². The molecule has 1 fully saturated rings. The van der Waals surface area contributed by atoms with Gasteiger partial charge < -0.3 is 4.90 Å². The van der Waals surface area contributed by atoms with Gasteiger partial charge in [-0.1, -0.05) is 44.2 Å². The lowest BCUT2D eigenvalue weighted by molar-refractivity contribution is 0.0642. The van der Waals surface area contributed by atoms with Crippen molar-refractivity contribution in [3.63, 3.8) is 0 Å².